The number of esters is 1. The minimum Gasteiger partial charge on any atom is -0.483 e. The molecule has 0 aliphatic rings. The molecule has 9 nitrogen and oxygen atoms in total. The minimum absolute atomic E-state index is 0.0501. The number of imide groups is 1. The zero-order valence-corrected chi connectivity index (χ0v) is 16.1. The maximum atomic E-state index is 12.2. The van der Waals surface area contributed by atoms with Crippen molar-refractivity contribution in [3.8, 4) is 11.6 Å². The second kappa shape index (κ2) is 11.4. The Morgan fingerprint density at radius 1 is 1.17 bits per heavy atom. The summed E-state index contributed by atoms with van der Waals surface area (Å²) in [7, 11) is 0. The Morgan fingerprint density at radius 2 is 1.93 bits per heavy atom. The Balaban J connectivity index is 2.17. The fraction of sp³-hybridized carbons (Fsp3) is 0.300. The Kier molecular flexibility index (Phi) is 8.58. The standard InChI is InChI=1S/C20H23N3O6/c1-2-3-9-27-19(25)15-10-16(28-13-14-7-5-4-6-8-14)18(22-12-15)29-20(26)23-17(24)11-21/h4-8,10,12H,2-3,9,11,13,21H2,1H3,(H,23,24,26). The number of rotatable bonds is 9. The van der Waals surface area contributed by atoms with E-state index < -0.39 is 18.0 Å². The second-order valence-electron chi connectivity index (χ2n) is 5.93. The fourth-order valence-electron chi connectivity index (χ4n) is 2.13. The van der Waals surface area contributed by atoms with Crippen LogP contribution in [0, 0.1) is 0 Å². The van der Waals surface area contributed by atoms with Crippen molar-refractivity contribution in [3.63, 3.8) is 0 Å². The van der Waals surface area contributed by atoms with Gasteiger partial charge in [-0.3, -0.25) is 10.1 Å². The van der Waals surface area contributed by atoms with E-state index in [0.29, 0.717) is 0 Å². The lowest BCUT2D eigenvalue weighted by Crippen LogP contribution is -2.37. The van der Waals surface area contributed by atoms with Gasteiger partial charge in [0.15, 0.2) is 5.75 Å². The predicted molar refractivity (Wildman–Crippen MR) is 103 cm³/mol. The van der Waals surface area contributed by atoms with Gasteiger partial charge in [0.1, 0.15) is 6.61 Å². The Labute approximate surface area is 168 Å². The van der Waals surface area contributed by atoms with Crippen LogP contribution in [0.3, 0.4) is 0 Å². The summed E-state index contributed by atoms with van der Waals surface area (Å²) in [5.74, 6) is -1.43. The molecule has 2 aromatic rings. The summed E-state index contributed by atoms with van der Waals surface area (Å²) in [6.45, 7) is 2.05. The number of nitrogens with zero attached hydrogens (tertiary/aromatic N) is 1. The molecule has 0 bridgehead atoms. The highest BCUT2D eigenvalue weighted by Crippen LogP contribution is 2.27. The number of carbonyl (C=O) groups excluding carboxylic acids is 3. The first-order valence-electron chi connectivity index (χ1n) is 9.09. The number of hydrogen-bond acceptors (Lipinski definition) is 8. The molecule has 2 rings (SSSR count). The van der Waals surface area contributed by atoms with Gasteiger partial charge in [-0.2, -0.15) is 0 Å². The van der Waals surface area contributed by atoms with Gasteiger partial charge < -0.3 is 19.9 Å². The van der Waals surface area contributed by atoms with Crippen LogP contribution in [0.2, 0.25) is 0 Å². The quantitative estimate of drug-likeness (QED) is 0.483. The highest BCUT2D eigenvalue weighted by molar-refractivity contribution is 5.93. The van der Waals surface area contributed by atoms with E-state index in [1.807, 2.05) is 42.6 Å². The largest absolute Gasteiger partial charge is 0.483 e. The number of aromatic nitrogens is 1. The van der Waals surface area contributed by atoms with Gasteiger partial charge in [0, 0.05) is 12.3 Å². The molecule has 0 saturated heterocycles. The van der Waals surface area contributed by atoms with Crippen molar-refractivity contribution in [2.75, 3.05) is 13.2 Å². The van der Waals surface area contributed by atoms with Crippen molar-refractivity contribution >= 4 is 18.0 Å². The SMILES string of the molecule is CCCCOC(=O)c1cnc(OC(=O)NC(=O)CN)c(OCc2ccccc2)c1. The van der Waals surface area contributed by atoms with Gasteiger partial charge in [0.2, 0.25) is 5.91 Å². The molecule has 0 atom stereocenters. The molecule has 1 heterocycles. The molecular weight excluding hydrogens is 378 g/mol. The Bertz CT molecular complexity index is 841. The summed E-state index contributed by atoms with van der Waals surface area (Å²) in [6, 6.07) is 10.6. The number of nitrogens with one attached hydrogen (secondary N) is 1. The summed E-state index contributed by atoms with van der Waals surface area (Å²) in [5, 5.41) is 1.94. The number of amides is 2. The van der Waals surface area contributed by atoms with Crippen LogP contribution in [-0.4, -0.2) is 36.1 Å². The van der Waals surface area contributed by atoms with Gasteiger partial charge in [-0.05, 0) is 12.0 Å². The summed E-state index contributed by atoms with van der Waals surface area (Å²) in [5.41, 5.74) is 6.15. The molecular formula is C20H23N3O6. The van der Waals surface area contributed by atoms with Crippen LogP contribution in [-0.2, 0) is 16.1 Å². The first-order chi connectivity index (χ1) is 14.0. The molecule has 2 amide bonds. The molecule has 1 aromatic heterocycles. The van der Waals surface area contributed by atoms with Crippen LogP contribution in [0.1, 0.15) is 35.7 Å². The predicted octanol–water partition coefficient (Wildman–Crippen LogP) is 2.19. The van der Waals surface area contributed by atoms with Crippen molar-refractivity contribution in [3.05, 3.63) is 53.7 Å². The van der Waals surface area contributed by atoms with Crippen molar-refractivity contribution in [1.82, 2.24) is 10.3 Å². The molecule has 0 spiro atoms. The number of hydrogen-bond donors (Lipinski definition) is 2. The second-order valence-corrected chi connectivity index (χ2v) is 5.93. The molecule has 0 fully saturated rings. The van der Waals surface area contributed by atoms with Gasteiger partial charge in [-0.25, -0.2) is 14.6 Å². The smallest absolute Gasteiger partial charge is 0.420 e. The molecule has 1 aromatic carbocycles. The molecule has 154 valence electrons. The van der Waals surface area contributed by atoms with Crippen molar-refractivity contribution < 1.29 is 28.6 Å². The van der Waals surface area contributed by atoms with Gasteiger partial charge in [-0.15, -0.1) is 0 Å². The Hall–Kier alpha value is -3.46. The summed E-state index contributed by atoms with van der Waals surface area (Å²) in [6.07, 6.45) is 1.78. The molecule has 0 aliphatic heterocycles. The summed E-state index contributed by atoms with van der Waals surface area (Å²) < 4.78 is 15.9. The third-order valence-electron chi connectivity index (χ3n) is 3.64. The Morgan fingerprint density at radius 3 is 2.62 bits per heavy atom. The van der Waals surface area contributed by atoms with E-state index in [9.17, 15) is 14.4 Å². The maximum Gasteiger partial charge on any atom is 0.420 e. The number of benzene rings is 1. The fourth-order valence-corrected chi connectivity index (χ4v) is 2.13. The highest BCUT2D eigenvalue weighted by Gasteiger charge is 2.18. The molecule has 9 heteroatoms. The monoisotopic (exact) mass is 401 g/mol. The minimum atomic E-state index is -1.06. The van der Waals surface area contributed by atoms with Crippen LogP contribution in [0.25, 0.3) is 0 Å². The lowest BCUT2D eigenvalue weighted by atomic mass is 10.2. The van der Waals surface area contributed by atoms with Crippen molar-refractivity contribution in [2.24, 2.45) is 5.73 Å². The van der Waals surface area contributed by atoms with Crippen LogP contribution >= 0.6 is 0 Å². The lowest BCUT2D eigenvalue weighted by Gasteiger charge is -2.12. The van der Waals surface area contributed by atoms with Gasteiger partial charge in [0.25, 0.3) is 5.88 Å². The van der Waals surface area contributed by atoms with Gasteiger partial charge >= 0.3 is 12.1 Å². The van der Waals surface area contributed by atoms with E-state index in [-0.39, 0.29) is 37.0 Å². The molecule has 0 unspecified atom stereocenters. The van der Waals surface area contributed by atoms with Crippen molar-refractivity contribution in [2.45, 2.75) is 26.4 Å². The third kappa shape index (κ3) is 7.23. The average Bonchev–Trinajstić information content (AvgIpc) is 2.73. The summed E-state index contributed by atoms with van der Waals surface area (Å²) in [4.78, 5) is 39.2. The summed E-state index contributed by atoms with van der Waals surface area (Å²) >= 11 is 0. The van der Waals surface area contributed by atoms with Gasteiger partial charge in [-0.1, -0.05) is 43.7 Å². The van der Waals surface area contributed by atoms with Crippen LogP contribution in [0.4, 0.5) is 4.79 Å². The number of unbranched alkanes of at least 4 members (excludes halogenated alkanes) is 1. The lowest BCUT2D eigenvalue weighted by molar-refractivity contribution is -0.118. The van der Waals surface area contributed by atoms with E-state index >= 15 is 0 Å². The van der Waals surface area contributed by atoms with E-state index in [0.717, 1.165) is 18.4 Å². The zero-order chi connectivity index (χ0) is 21.1. The number of nitrogens with two attached hydrogens (primary N) is 1. The van der Waals surface area contributed by atoms with E-state index in [1.165, 1.54) is 12.3 Å². The van der Waals surface area contributed by atoms with Crippen LogP contribution in [0.5, 0.6) is 11.6 Å². The van der Waals surface area contributed by atoms with Crippen molar-refractivity contribution in [1.29, 1.82) is 0 Å². The zero-order valence-electron chi connectivity index (χ0n) is 16.1. The number of pyridine rings is 1. The van der Waals surface area contributed by atoms with E-state index in [1.54, 1.807) is 0 Å². The molecule has 0 aliphatic carbocycles. The number of carbonyl (C=O) groups is 3. The highest BCUT2D eigenvalue weighted by atomic mass is 16.6. The molecule has 29 heavy (non-hydrogen) atoms. The first-order valence-corrected chi connectivity index (χ1v) is 9.09. The average molecular weight is 401 g/mol. The van der Waals surface area contributed by atoms with Crippen LogP contribution < -0.4 is 20.5 Å². The molecule has 3 N–H and O–H groups in total. The van der Waals surface area contributed by atoms with Gasteiger partial charge in [0.05, 0.1) is 18.7 Å². The topological polar surface area (TPSA) is 130 Å². The molecule has 0 saturated carbocycles. The molecule has 0 radical (unpaired) electrons. The third-order valence-corrected chi connectivity index (χ3v) is 3.64. The normalized spacial score (nSPS) is 10.1. The number of ether oxygens (including phenoxy) is 3. The maximum absolute atomic E-state index is 12.2. The first kappa shape index (κ1) is 21.8. The van der Waals surface area contributed by atoms with E-state index in [2.05, 4.69) is 4.98 Å². The van der Waals surface area contributed by atoms with E-state index in [4.69, 9.17) is 19.9 Å². The van der Waals surface area contributed by atoms with Crippen LogP contribution in [0.15, 0.2) is 42.6 Å².